The van der Waals surface area contributed by atoms with Crippen molar-refractivity contribution < 1.29 is 35.3 Å². The van der Waals surface area contributed by atoms with E-state index in [9.17, 15) is 35.3 Å². The molecule has 1 fully saturated rings. The highest BCUT2D eigenvalue weighted by molar-refractivity contribution is 7.91. The van der Waals surface area contributed by atoms with Crippen molar-refractivity contribution in [1.82, 2.24) is 0 Å². The zero-order valence-corrected chi connectivity index (χ0v) is 17.0. The average molecular weight is 466 g/mol. The highest BCUT2D eigenvalue weighted by Gasteiger charge is 2.36. The number of halogens is 7. The van der Waals surface area contributed by atoms with Gasteiger partial charge in [0.1, 0.15) is 17.3 Å². The van der Waals surface area contributed by atoms with E-state index in [1.54, 1.807) is 4.90 Å². The van der Waals surface area contributed by atoms with Gasteiger partial charge in [-0.1, -0.05) is 0 Å². The fraction of sp³-hybridized carbons (Fsp3) is 0.350. The lowest BCUT2D eigenvalue weighted by Gasteiger charge is -2.20. The highest BCUT2D eigenvalue weighted by atomic mass is 32.2. The zero-order valence-electron chi connectivity index (χ0n) is 16.1. The first-order valence-corrected chi connectivity index (χ1v) is 10.4. The van der Waals surface area contributed by atoms with Crippen molar-refractivity contribution in [2.45, 2.75) is 37.0 Å². The number of aryl methyl sites for hydroxylation is 1. The Hall–Kier alpha value is -2.27. The van der Waals surface area contributed by atoms with Gasteiger partial charge in [0, 0.05) is 30.3 Å². The predicted molar refractivity (Wildman–Crippen MR) is 104 cm³/mol. The van der Waals surface area contributed by atoms with Crippen LogP contribution in [0.15, 0.2) is 46.3 Å². The zero-order chi connectivity index (χ0) is 23.0. The molecule has 168 valence electrons. The van der Waals surface area contributed by atoms with E-state index in [4.69, 9.17) is 0 Å². The SMILES string of the molecule is Cc1cc(F)c(/N=C2\CCCN2c2ccc(C(F)(F)F)cc2)cc1[S+]([O-])CC(F)(F)F. The van der Waals surface area contributed by atoms with Crippen LogP contribution < -0.4 is 4.90 Å². The Morgan fingerprint density at radius 3 is 2.29 bits per heavy atom. The summed E-state index contributed by atoms with van der Waals surface area (Å²) in [5, 5.41) is 0. The Morgan fingerprint density at radius 2 is 1.71 bits per heavy atom. The number of benzene rings is 2. The maximum absolute atomic E-state index is 14.4. The molecule has 0 aliphatic carbocycles. The third-order valence-electron chi connectivity index (χ3n) is 4.63. The molecule has 0 N–H and O–H groups in total. The van der Waals surface area contributed by atoms with Gasteiger partial charge in [0.15, 0.2) is 4.90 Å². The van der Waals surface area contributed by atoms with E-state index >= 15 is 0 Å². The van der Waals surface area contributed by atoms with Crippen molar-refractivity contribution in [3.8, 4) is 0 Å². The highest BCUT2D eigenvalue weighted by Crippen LogP contribution is 2.33. The second kappa shape index (κ2) is 8.70. The van der Waals surface area contributed by atoms with Gasteiger partial charge in [0.2, 0.25) is 5.75 Å². The van der Waals surface area contributed by atoms with Gasteiger partial charge in [-0.3, -0.25) is 0 Å². The van der Waals surface area contributed by atoms with E-state index in [-0.39, 0.29) is 16.1 Å². The minimum Gasteiger partial charge on any atom is -0.611 e. The fourth-order valence-electron chi connectivity index (χ4n) is 3.22. The summed E-state index contributed by atoms with van der Waals surface area (Å²) >= 11 is -2.42. The third-order valence-corrected chi connectivity index (χ3v) is 6.15. The quantitative estimate of drug-likeness (QED) is 0.400. The largest absolute Gasteiger partial charge is 0.611 e. The Bertz CT molecular complexity index is 971. The van der Waals surface area contributed by atoms with Crippen molar-refractivity contribution in [2.24, 2.45) is 4.99 Å². The maximum atomic E-state index is 14.4. The number of alkyl halides is 6. The molecule has 2 aromatic rings. The van der Waals surface area contributed by atoms with E-state index in [1.807, 2.05) is 0 Å². The van der Waals surface area contributed by atoms with Crippen molar-refractivity contribution >= 4 is 28.4 Å². The summed E-state index contributed by atoms with van der Waals surface area (Å²) in [4.78, 5) is 5.64. The number of hydrogen-bond donors (Lipinski definition) is 0. The molecular weight excluding hydrogens is 449 g/mol. The van der Waals surface area contributed by atoms with Crippen LogP contribution in [0.1, 0.15) is 24.0 Å². The van der Waals surface area contributed by atoms with E-state index in [1.165, 1.54) is 19.1 Å². The Morgan fingerprint density at radius 1 is 1.06 bits per heavy atom. The van der Waals surface area contributed by atoms with Crippen LogP contribution in [0.2, 0.25) is 0 Å². The molecule has 2 aromatic carbocycles. The standard InChI is InChI=1S/C20H17F7N2OS/c1-12-9-15(21)16(10-17(12)31(30)11-19(22,23)24)28-18-3-2-8-29(18)14-6-4-13(5-7-14)20(25,26)27/h4-7,9-10H,2-3,8,11H2,1H3/b28-18+. The second-order valence-corrected chi connectivity index (χ2v) is 8.42. The summed E-state index contributed by atoms with van der Waals surface area (Å²) in [5.74, 6) is -2.00. The van der Waals surface area contributed by atoms with Gasteiger partial charge in [0.25, 0.3) is 0 Å². The maximum Gasteiger partial charge on any atom is 0.433 e. The number of aliphatic imine (C=N–C) groups is 1. The van der Waals surface area contributed by atoms with E-state index in [2.05, 4.69) is 4.99 Å². The Kier molecular flexibility index (Phi) is 6.56. The minimum atomic E-state index is -4.65. The van der Waals surface area contributed by atoms with Gasteiger partial charge in [-0.2, -0.15) is 26.3 Å². The Balaban J connectivity index is 1.92. The molecule has 0 saturated carbocycles. The number of nitrogens with zero attached hydrogens (tertiary/aromatic N) is 2. The number of anilines is 1. The molecule has 1 unspecified atom stereocenters. The third kappa shape index (κ3) is 5.70. The van der Waals surface area contributed by atoms with Crippen LogP contribution in [0.25, 0.3) is 0 Å². The molecule has 0 amide bonds. The summed E-state index contributed by atoms with van der Waals surface area (Å²) in [7, 11) is 0. The first-order valence-electron chi connectivity index (χ1n) is 9.13. The topological polar surface area (TPSA) is 38.7 Å². The molecule has 0 spiro atoms. The molecule has 11 heteroatoms. The summed E-state index contributed by atoms with van der Waals surface area (Å²) in [6, 6.07) is 6.41. The molecule has 1 aliphatic heterocycles. The number of hydrogen-bond acceptors (Lipinski definition) is 2. The van der Waals surface area contributed by atoms with Crippen molar-refractivity contribution in [2.75, 3.05) is 17.2 Å². The number of rotatable bonds is 4. The van der Waals surface area contributed by atoms with Crippen LogP contribution in [-0.2, 0) is 17.4 Å². The van der Waals surface area contributed by atoms with Gasteiger partial charge < -0.3 is 9.45 Å². The molecule has 3 rings (SSSR count). The van der Waals surface area contributed by atoms with Crippen LogP contribution >= 0.6 is 0 Å². The van der Waals surface area contributed by atoms with Gasteiger partial charge in [-0.15, -0.1) is 0 Å². The lowest BCUT2D eigenvalue weighted by atomic mass is 10.2. The molecule has 1 saturated heterocycles. The first kappa shape index (κ1) is 23.4. The van der Waals surface area contributed by atoms with Crippen LogP contribution in [0.3, 0.4) is 0 Å². The van der Waals surface area contributed by atoms with Gasteiger partial charge >= 0.3 is 12.4 Å². The predicted octanol–water partition coefficient (Wildman–Crippen LogP) is 6.15. The smallest absolute Gasteiger partial charge is 0.433 e. The summed E-state index contributed by atoms with van der Waals surface area (Å²) in [6.07, 6.45) is -8.12. The van der Waals surface area contributed by atoms with Gasteiger partial charge in [0.05, 0.1) is 5.56 Å². The van der Waals surface area contributed by atoms with Crippen LogP contribution in [0.4, 0.5) is 42.1 Å². The average Bonchev–Trinajstić information content (AvgIpc) is 3.10. The molecule has 0 bridgehead atoms. The van der Waals surface area contributed by atoms with Crippen LogP contribution in [-0.4, -0.2) is 28.9 Å². The van der Waals surface area contributed by atoms with Crippen molar-refractivity contribution in [3.63, 3.8) is 0 Å². The summed E-state index contributed by atoms with van der Waals surface area (Å²) in [6.45, 7) is 1.79. The van der Waals surface area contributed by atoms with Crippen LogP contribution in [0.5, 0.6) is 0 Å². The second-order valence-electron chi connectivity index (χ2n) is 7.00. The molecule has 31 heavy (non-hydrogen) atoms. The first-order chi connectivity index (χ1) is 14.3. The number of amidine groups is 1. The van der Waals surface area contributed by atoms with Gasteiger partial charge in [-0.05, 0) is 54.9 Å². The van der Waals surface area contributed by atoms with Crippen LogP contribution in [0, 0.1) is 12.7 Å². The van der Waals surface area contributed by atoms with Crippen molar-refractivity contribution in [1.29, 1.82) is 0 Å². The molecule has 3 nitrogen and oxygen atoms in total. The summed E-state index contributed by atoms with van der Waals surface area (Å²) < 4.78 is 103. The molecular formula is C20H17F7N2OS. The van der Waals surface area contributed by atoms with E-state index in [0.717, 1.165) is 24.3 Å². The molecule has 1 aliphatic rings. The van der Waals surface area contributed by atoms with E-state index in [0.29, 0.717) is 30.9 Å². The minimum absolute atomic E-state index is 0.107. The normalized spacial score (nSPS) is 17.5. The lowest BCUT2D eigenvalue weighted by Crippen LogP contribution is -2.24. The fourth-order valence-corrected chi connectivity index (χ4v) is 4.34. The van der Waals surface area contributed by atoms with Gasteiger partial charge in [-0.25, -0.2) is 9.38 Å². The van der Waals surface area contributed by atoms with Crippen molar-refractivity contribution in [3.05, 3.63) is 53.3 Å². The lowest BCUT2D eigenvalue weighted by molar-refractivity contribution is -0.137. The molecule has 1 atom stereocenters. The molecule has 0 radical (unpaired) electrons. The molecule has 1 heterocycles. The van der Waals surface area contributed by atoms with E-state index < -0.39 is 40.7 Å². The molecule has 0 aromatic heterocycles. The Labute approximate surface area is 176 Å². The summed E-state index contributed by atoms with van der Waals surface area (Å²) in [5.41, 5.74) is -0.548. The monoisotopic (exact) mass is 466 g/mol.